The zero-order chi connectivity index (χ0) is 17.6. The molecule has 2 N–H and O–H groups in total. The zero-order valence-corrected chi connectivity index (χ0v) is 15.1. The van der Waals surface area contributed by atoms with Gasteiger partial charge in [-0.15, -0.1) is 0 Å². The van der Waals surface area contributed by atoms with Gasteiger partial charge in [0.1, 0.15) is 11.2 Å². The summed E-state index contributed by atoms with van der Waals surface area (Å²) in [6.07, 6.45) is 0. The maximum atomic E-state index is 6.16. The number of rotatable bonds is 3. The van der Waals surface area contributed by atoms with Gasteiger partial charge in [-0.05, 0) is 32.0 Å². The molecule has 0 spiro atoms. The predicted molar refractivity (Wildman–Crippen MR) is 107 cm³/mol. The van der Waals surface area contributed by atoms with Crippen LogP contribution in [0.1, 0.15) is 13.8 Å². The van der Waals surface area contributed by atoms with E-state index in [4.69, 9.17) is 27.4 Å². The first-order valence-corrected chi connectivity index (χ1v) is 8.84. The Hall–Kier alpha value is -2.66. The van der Waals surface area contributed by atoms with E-state index in [9.17, 15) is 0 Å². The molecule has 0 aromatic heterocycles. The average molecular weight is 349 g/mol. The average Bonchev–Trinajstić information content (AvgIpc) is 2.61. The number of aromatic nitrogens is 1. The lowest BCUT2D eigenvalue weighted by atomic mass is 10.0. The Labute approximate surface area is 151 Å². The smallest absolute Gasteiger partial charge is 0.155 e. The standard InChI is InChI=1S/C20H19N3OS/c1-3-23(4-2)12-8-9-15-16(10-12)24-17-11-18(25)19-13(20(17)22-15)6-5-7-14(19)21/h5-11H,3-4,21H2,1-2H3. The van der Waals surface area contributed by atoms with E-state index in [1.165, 1.54) is 0 Å². The van der Waals surface area contributed by atoms with Gasteiger partial charge in [-0.25, -0.2) is 4.98 Å². The molecule has 2 aromatic carbocycles. The number of fused-ring (bicyclic) bond motifs is 4. The monoisotopic (exact) mass is 349 g/mol. The minimum Gasteiger partial charge on any atom is -0.453 e. The van der Waals surface area contributed by atoms with Crippen molar-refractivity contribution < 1.29 is 4.42 Å². The molecule has 126 valence electrons. The molecule has 4 rings (SSSR count). The Balaban J connectivity index is 2.04. The maximum Gasteiger partial charge on any atom is 0.155 e. The van der Waals surface area contributed by atoms with Crippen molar-refractivity contribution in [2.75, 3.05) is 23.7 Å². The van der Waals surface area contributed by atoms with Crippen molar-refractivity contribution in [3.63, 3.8) is 0 Å². The Morgan fingerprint density at radius 2 is 1.92 bits per heavy atom. The SMILES string of the molecule is CCN(CC)c1ccc2nc3c4cccc(N)c4c(=S)cc-3oc2c1. The van der Waals surface area contributed by atoms with Crippen LogP contribution in [-0.2, 0) is 0 Å². The van der Waals surface area contributed by atoms with Crippen LogP contribution >= 0.6 is 12.2 Å². The van der Waals surface area contributed by atoms with E-state index in [1.54, 1.807) is 0 Å². The normalized spacial score (nSPS) is 11.4. The largest absolute Gasteiger partial charge is 0.453 e. The Kier molecular flexibility index (Phi) is 3.81. The molecule has 0 bridgehead atoms. The number of benzene rings is 3. The van der Waals surface area contributed by atoms with Crippen LogP contribution in [0.25, 0.3) is 33.3 Å². The van der Waals surface area contributed by atoms with Crippen LogP contribution in [-0.4, -0.2) is 18.1 Å². The predicted octanol–water partition coefficient (Wildman–Crippen LogP) is 5.24. The summed E-state index contributed by atoms with van der Waals surface area (Å²) in [5.74, 6) is 0.687. The minimum atomic E-state index is 0.670. The van der Waals surface area contributed by atoms with Crippen molar-refractivity contribution >= 4 is 45.5 Å². The lowest BCUT2D eigenvalue weighted by Crippen LogP contribution is -2.21. The molecular formula is C20H19N3OS. The Morgan fingerprint density at radius 3 is 2.68 bits per heavy atom. The molecule has 0 atom stereocenters. The van der Waals surface area contributed by atoms with Gasteiger partial charge in [0.05, 0.1) is 4.51 Å². The summed E-state index contributed by atoms with van der Waals surface area (Å²) >= 11 is 5.52. The molecule has 0 saturated carbocycles. The number of hydrogen-bond acceptors (Lipinski definition) is 5. The van der Waals surface area contributed by atoms with Gasteiger partial charge < -0.3 is 15.1 Å². The van der Waals surface area contributed by atoms with E-state index in [1.807, 2.05) is 36.4 Å². The molecule has 25 heavy (non-hydrogen) atoms. The van der Waals surface area contributed by atoms with E-state index < -0.39 is 0 Å². The van der Waals surface area contributed by atoms with Gasteiger partial charge in [0, 0.05) is 47.4 Å². The lowest BCUT2D eigenvalue weighted by molar-refractivity contribution is 0.614. The van der Waals surface area contributed by atoms with Crippen LogP contribution in [0.2, 0.25) is 0 Å². The van der Waals surface area contributed by atoms with Gasteiger partial charge in [0.15, 0.2) is 11.3 Å². The van der Waals surface area contributed by atoms with Gasteiger partial charge in [-0.3, -0.25) is 0 Å². The maximum absolute atomic E-state index is 6.16. The number of nitrogens with zero attached hydrogens (tertiary/aromatic N) is 2. The van der Waals surface area contributed by atoms with Crippen LogP contribution in [0.15, 0.2) is 46.9 Å². The molecule has 1 aliphatic carbocycles. The fourth-order valence-electron chi connectivity index (χ4n) is 3.33. The highest BCUT2D eigenvalue weighted by Crippen LogP contribution is 2.35. The Morgan fingerprint density at radius 1 is 1.12 bits per heavy atom. The van der Waals surface area contributed by atoms with Crippen LogP contribution in [0, 0.1) is 4.51 Å². The molecule has 1 aliphatic heterocycles. The fourth-order valence-corrected chi connectivity index (χ4v) is 3.66. The summed E-state index contributed by atoms with van der Waals surface area (Å²) in [7, 11) is 0. The molecule has 4 nitrogen and oxygen atoms in total. The quantitative estimate of drug-likeness (QED) is 0.237. The molecule has 0 fully saturated rings. The highest BCUT2D eigenvalue weighted by molar-refractivity contribution is 7.71. The third-order valence-electron chi connectivity index (χ3n) is 4.62. The van der Waals surface area contributed by atoms with Crippen molar-refractivity contribution in [3.05, 3.63) is 47.0 Å². The summed E-state index contributed by atoms with van der Waals surface area (Å²) in [4.78, 5) is 7.10. The van der Waals surface area contributed by atoms with E-state index >= 15 is 0 Å². The van der Waals surface area contributed by atoms with Crippen molar-refractivity contribution in [2.45, 2.75) is 13.8 Å². The van der Waals surface area contributed by atoms with Crippen molar-refractivity contribution in [1.29, 1.82) is 0 Å². The Bertz CT molecular complexity index is 1120. The third-order valence-corrected chi connectivity index (χ3v) is 4.94. The van der Waals surface area contributed by atoms with E-state index in [0.29, 0.717) is 16.0 Å². The summed E-state index contributed by atoms with van der Waals surface area (Å²) < 4.78 is 6.84. The highest BCUT2D eigenvalue weighted by atomic mass is 32.1. The van der Waals surface area contributed by atoms with Crippen LogP contribution in [0.3, 0.4) is 0 Å². The zero-order valence-electron chi connectivity index (χ0n) is 14.2. The number of nitrogens with two attached hydrogens (primary N) is 1. The second kappa shape index (κ2) is 6.01. The van der Waals surface area contributed by atoms with Gasteiger partial charge in [-0.1, -0.05) is 24.4 Å². The molecule has 5 heteroatoms. The van der Waals surface area contributed by atoms with Gasteiger partial charge >= 0.3 is 0 Å². The molecule has 0 radical (unpaired) electrons. The first-order chi connectivity index (χ1) is 12.1. The topological polar surface area (TPSA) is 55.3 Å². The number of anilines is 2. The molecule has 0 saturated heterocycles. The molecular weight excluding hydrogens is 330 g/mol. The molecule has 1 heterocycles. The van der Waals surface area contributed by atoms with Gasteiger partial charge in [0.2, 0.25) is 0 Å². The molecule has 2 aromatic rings. The third kappa shape index (κ3) is 2.51. The first-order valence-electron chi connectivity index (χ1n) is 8.43. The van der Waals surface area contributed by atoms with E-state index in [-0.39, 0.29) is 0 Å². The van der Waals surface area contributed by atoms with E-state index in [2.05, 4.69) is 24.8 Å². The van der Waals surface area contributed by atoms with Crippen molar-refractivity contribution in [3.8, 4) is 11.5 Å². The van der Waals surface area contributed by atoms with Crippen LogP contribution in [0.4, 0.5) is 11.4 Å². The highest BCUT2D eigenvalue weighted by Gasteiger charge is 2.16. The second-order valence-corrected chi connectivity index (χ2v) is 6.47. The van der Waals surface area contributed by atoms with Crippen LogP contribution < -0.4 is 10.6 Å². The first kappa shape index (κ1) is 15.8. The number of hydrogen-bond donors (Lipinski definition) is 1. The summed E-state index contributed by atoms with van der Waals surface area (Å²) in [5.41, 5.74) is 10.3. The fraction of sp³-hybridized carbons (Fsp3) is 0.200. The summed E-state index contributed by atoms with van der Waals surface area (Å²) in [5, 5.41) is 1.80. The van der Waals surface area contributed by atoms with Crippen LogP contribution in [0.5, 0.6) is 0 Å². The van der Waals surface area contributed by atoms with Gasteiger partial charge in [0.25, 0.3) is 0 Å². The summed E-state index contributed by atoms with van der Waals surface area (Å²) in [6.45, 7) is 6.18. The molecule has 0 amide bonds. The van der Waals surface area contributed by atoms with Crippen molar-refractivity contribution in [2.24, 2.45) is 0 Å². The second-order valence-electron chi connectivity index (χ2n) is 6.03. The minimum absolute atomic E-state index is 0.670. The lowest BCUT2D eigenvalue weighted by Gasteiger charge is -2.21. The number of nitrogen functional groups attached to an aromatic ring is 1. The summed E-state index contributed by atoms with van der Waals surface area (Å²) in [6, 6.07) is 13.7. The van der Waals surface area contributed by atoms with Gasteiger partial charge in [-0.2, -0.15) is 0 Å². The van der Waals surface area contributed by atoms with Crippen molar-refractivity contribution in [1.82, 2.24) is 4.98 Å². The van der Waals surface area contributed by atoms with E-state index in [0.717, 1.165) is 46.3 Å². The molecule has 0 unspecified atom stereocenters. The molecule has 2 aliphatic rings.